The Kier molecular flexibility index (Phi) is 4.93. The first kappa shape index (κ1) is 18.3. The zero-order valence-corrected chi connectivity index (χ0v) is 16.8. The van der Waals surface area contributed by atoms with Gasteiger partial charge in [0, 0.05) is 31.3 Å². The van der Waals surface area contributed by atoms with E-state index < -0.39 is 0 Å². The maximum absolute atomic E-state index is 6.32. The first-order valence-electron chi connectivity index (χ1n) is 10.9. The third-order valence-corrected chi connectivity index (χ3v) is 6.81. The van der Waals surface area contributed by atoms with E-state index in [0.29, 0.717) is 5.92 Å². The fourth-order valence-corrected chi connectivity index (χ4v) is 5.17. The molecule has 0 radical (unpaired) electrons. The van der Waals surface area contributed by atoms with Crippen LogP contribution in [0.5, 0.6) is 0 Å². The second-order valence-electron chi connectivity index (χ2n) is 8.71. The Morgan fingerprint density at radius 3 is 2.82 bits per heavy atom. The molecular weight excluding hydrogens is 352 g/mol. The maximum atomic E-state index is 6.32. The van der Waals surface area contributed by atoms with E-state index in [-0.39, 0.29) is 5.60 Å². The van der Waals surface area contributed by atoms with E-state index in [1.54, 1.807) is 0 Å². The summed E-state index contributed by atoms with van der Waals surface area (Å²) in [4.78, 5) is 11.6. The minimum atomic E-state index is -0.230. The molecule has 2 aromatic heterocycles. The molecular formula is C22H30N4O2. The van der Waals surface area contributed by atoms with E-state index in [1.165, 1.54) is 43.4 Å². The van der Waals surface area contributed by atoms with Crippen LogP contribution in [0.2, 0.25) is 0 Å². The van der Waals surface area contributed by atoms with Crippen LogP contribution in [-0.4, -0.2) is 39.7 Å². The summed E-state index contributed by atoms with van der Waals surface area (Å²) in [7, 11) is 0. The quantitative estimate of drug-likeness (QED) is 0.803. The Balaban J connectivity index is 1.24. The Morgan fingerprint density at radius 2 is 2.00 bits per heavy atom. The minimum Gasteiger partial charge on any atom is -0.368 e. The van der Waals surface area contributed by atoms with Gasteiger partial charge in [0.2, 0.25) is 0 Å². The largest absolute Gasteiger partial charge is 0.368 e. The molecule has 6 heteroatoms. The van der Waals surface area contributed by atoms with Crippen LogP contribution in [-0.2, 0) is 23.3 Å². The molecule has 5 rings (SSSR count). The second kappa shape index (κ2) is 7.56. The number of piperidine rings is 1. The molecule has 0 amide bonds. The van der Waals surface area contributed by atoms with Crippen molar-refractivity contribution >= 4 is 0 Å². The van der Waals surface area contributed by atoms with Crippen LogP contribution < -0.4 is 0 Å². The minimum absolute atomic E-state index is 0.230. The number of aromatic nitrogens is 3. The van der Waals surface area contributed by atoms with Crippen molar-refractivity contribution in [2.24, 2.45) is 0 Å². The summed E-state index contributed by atoms with van der Waals surface area (Å²) in [6, 6.07) is 2.20. The molecule has 2 aliphatic heterocycles. The molecule has 1 aliphatic carbocycles. The SMILES string of the molecule is Cc1ncc2c(n1)C1(CCN(Cc3cc(C4CCCCC4)no3)CC1)OCC2. The lowest BCUT2D eigenvalue weighted by molar-refractivity contribution is -0.103. The van der Waals surface area contributed by atoms with Crippen molar-refractivity contribution in [3.8, 4) is 0 Å². The molecule has 2 fully saturated rings. The molecule has 1 saturated carbocycles. The summed E-state index contributed by atoms with van der Waals surface area (Å²) >= 11 is 0. The predicted octanol–water partition coefficient (Wildman–Crippen LogP) is 3.88. The second-order valence-corrected chi connectivity index (χ2v) is 8.71. The number of aryl methyl sites for hydroxylation is 1. The summed E-state index contributed by atoms with van der Waals surface area (Å²) in [6.45, 7) is 5.55. The highest BCUT2D eigenvalue weighted by Gasteiger charge is 2.42. The molecule has 0 aromatic carbocycles. The normalized spacial score (nSPS) is 23.0. The smallest absolute Gasteiger partial charge is 0.150 e. The number of rotatable bonds is 3. The topological polar surface area (TPSA) is 64.3 Å². The summed E-state index contributed by atoms with van der Waals surface area (Å²) in [5.74, 6) is 2.44. The van der Waals surface area contributed by atoms with Gasteiger partial charge in [0.15, 0.2) is 5.76 Å². The summed E-state index contributed by atoms with van der Waals surface area (Å²) in [5.41, 5.74) is 3.33. The van der Waals surface area contributed by atoms with Gasteiger partial charge < -0.3 is 9.26 Å². The van der Waals surface area contributed by atoms with Gasteiger partial charge in [-0.15, -0.1) is 0 Å². The van der Waals surface area contributed by atoms with Gasteiger partial charge in [-0.05, 0) is 44.6 Å². The van der Waals surface area contributed by atoms with Crippen molar-refractivity contribution in [2.45, 2.75) is 76.4 Å². The lowest BCUT2D eigenvalue weighted by Gasteiger charge is -2.43. The fraction of sp³-hybridized carbons (Fsp3) is 0.682. The average Bonchev–Trinajstić information content (AvgIpc) is 3.20. The Hall–Kier alpha value is -1.79. The van der Waals surface area contributed by atoms with Crippen LogP contribution in [0.1, 0.15) is 79.4 Å². The highest BCUT2D eigenvalue weighted by molar-refractivity contribution is 5.27. The zero-order chi connectivity index (χ0) is 19.0. The molecule has 0 unspecified atom stereocenters. The van der Waals surface area contributed by atoms with E-state index in [1.807, 2.05) is 13.1 Å². The Bertz CT molecular complexity index is 820. The van der Waals surface area contributed by atoms with Crippen LogP contribution in [0, 0.1) is 6.92 Å². The van der Waals surface area contributed by atoms with Crippen LogP contribution >= 0.6 is 0 Å². The molecule has 3 aliphatic rings. The number of nitrogens with zero attached hydrogens (tertiary/aromatic N) is 4. The first-order chi connectivity index (χ1) is 13.7. The number of hydrogen-bond acceptors (Lipinski definition) is 6. The highest BCUT2D eigenvalue weighted by atomic mass is 16.5. The molecule has 4 heterocycles. The van der Waals surface area contributed by atoms with Gasteiger partial charge in [0.25, 0.3) is 0 Å². The molecule has 0 atom stereocenters. The third-order valence-electron chi connectivity index (χ3n) is 6.81. The number of ether oxygens (including phenoxy) is 1. The van der Waals surface area contributed by atoms with Gasteiger partial charge in [0.1, 0.15) is 11.4 Å². The highest BCUT2D eigenvalue weighted by Crippen LogP contribution is 2.40. The average molecular weight is 383 g/mol. The van der Waals surface area contributed by atoms with Crippen molar-refractivity contribution in [3.05, 3.63) is 40.8 Å². The molecule has 150 valence electrons. The van der Waals surface area contributed by atoms with E-state index in [2.05, 4.69) is 21.1 Å². The molecule has 6 nitrogen and oxygen atoms in total. The molecule has 0 N–H and O–H groups in total. The number of hydrogen-bond donors (Lipinski definition) is 0. The number of fused-ring (bicyclic) bond motifs is 2. The lowest BCUT2D eigenvalue weighted by atomic mass is 9.83. The summed E-state index contributed by atoms with van der Waals surface area (Å²) in [5, 5.41) is 4.38. The first-order valence-corrected chi connectivity index (χ1v) is 10.9. The Morgan fingerprint density at radius 1 is 1.18 bits per heavy atom. The van der Waals surface area contributed by atoms with E-state index in [9.17, 15) is 0 Å². The van der Waals surface area contributed by atoms with Crippen LogP contribution in [0.25, 0.3) is 0 Å². The van der Waals surface area contributed by atoms with Crippen molar-refractivity contribution in [1.29, 1.82) is 0 Å². The van der Waals surface area contributed by atoms with E-state index in [0.717, 1.165) is 62.8 Å². The van der Waals surface area contributed by atoms with Gasteiger partial charge in [-0.25, -0.2) is 9.97 Å². The van der Waals surface area contributed by atoms with Crippen LogP contribution in [0.4, 0.5) is 0 Å². The van der Waals surface area contributed by atoms with Gasteiger partial charge in [-0.1, -0.05) is 24.4 Å². The molecule has 0 bridgehead atoms. The number of likely N-dealkylation sites (tertiary alicyclic amines) is 1. The standard InChI is InChI=1S/C22H30N4O2/c1-16-23-14-18-7-12-27-22(21(18)24-16)8-10-26(11-9-22)15-19-13-20(25-28-19)17-5-3-2-4-6-17/h13-14,17H,2-12,15H2,1H3. The van der Waals surface area contributed by atoms with Gasteiger partial charge >= 0.3 is 0 Å². The lowest BCUT2D eigenvalue weighted by Crippen LogP contribution is -2.47. The van der Waals surface area contributed by atoms with E-state index in [4.69, 9.17) is 14.2 Å². The fourth-order valence-electron chi connectivity index (χ4n) is 5.17. The monoisotopic (exact) mass is 382 g/mol. The van der Waals surface area contributed by atoms with Gasteiger partial charge in [0.05, 0.1) is 24.5 Å². The van der Waals surface area contributed by atoms with Gasteiger partial charge in [-0.3, -0.25) is 4.90 Å². The Labute approximate surface area is 166 Å². The van der Waals surface area contributed by atoms with Crippen LogP contribution in [0.15, 0.2) is 16.8 Å². The van der Waals surface area contributed by atoms with Crippen molar-refractivity contribution in [2.75, 3.05) is 19.7 Å². The van der Waals surface area contributed by atoms with Crippen LogP contribution in [0.3, 0.4) is 0 Å². The summed E-state index contributed by atoms with van der Waals surface area (Å²) < 4.78 is 12.0. The van der Waals surface area contributed by atoms with Crippen molar-refractivity contribution in [3.63, 3.8) is 0 Å². The maximum Gasteiger partial charge on any atom is 0.150 e. The van der Waals surface area contributed by atoms with Crippen molar-refractivity contribution in [1.82, 2.24) is 20.0 Å². The third kappa shape index (κ3) is 3.48. The molecule has 1 saturated heterocycles. The molecule has 28 heavy (non-hydrogen) atoms. The summed E-state index contributed by atoms with van der Waals surface area (Å²) in [6.07, 6.45) is 11.4. The molecule has 2 aromatic rings. The van der Waals surface area contributed by atoms with Gasteiger partial charge in [-0.2, -0.15) is 0 Å². The van der Waals surface area contributed by atoms with Crippen molar-refractivity contribution < 1.29 is 9.26 Å². The predicted molar refractivity (Wildman–Crippen MR) is 105 cm³/mol. The molecule has 1 spiro atoms. The zero-order valence-electron chi connectivity index (χ0n) is 16.8. The van der Waals surface area contributed by atoms with E-state index >= 15 is 0 Å².